The fraction of sp³-hybridized carbons (Fsp3) is 0.318. The number of aromatic nitrogens is 3. The van der Waals surface area contributed by atoms with Crippen LogP contribution in [0, 0.1) is 0 Å². The number of nitrogens with zero attached hydrogens (tertiary/aromatic N) is 2. The standard InChI is InChI=1S/C22H23ClN4O2S/c1-3-4-11-29-15-7-5-14(6-8-15)22(2)12-16(17-9-10-18(23)30-17)19(21(28)26-22)20-24-13-25-27-20/h5-10,13H,3-4,11-12H2,1-2H3,(H,26,28)(H,24,25,27)/t22-/m0/s1. The van der Waals surface area contributed by atoms with Crippen LogP contribution in [-0.2, 0) is 10.3 Å². The number of hydrogen-bond acceptors (Lipinski definition) is 5. The fourth-order valence-corrected chi connectivity index (χ4v) is 4.72. The molecule has 0 bridgehead atoms. The van der Waals surface area contributed by atoms with Crippen LogP contribution < -0.4 is 10.1 Å². The van der Waals surface area contributed by atoms with E-state index in [1.165, 1.54) is 17.7 Å². The summed E-state index contributed by atoms with van der Waals surface area (Å²) in [5, 5.41) is 9.90. The van der Waals surface area contributed by atoms with Gasteiger partial charge in [-0.3, -0.25) is 9.89 Å². The number of amides is 1. The SMILES string of the molecule is CCCCOc1ccc([C@]2(C)CC(c3ccc(Cl)s3)=C(c3ncn[nH]3)C(=O)N2)cc1. The first-order chi connectivity index (χ1) is 14.5. The molecule has 4 rings (SSSR count). The Morgan fingerprint density at radius 1 is 1.23 bits per heavy atom. The van der Waals surface area contributed by atoms with E-state index in [1.807, 2.05) is 43.3 Å². The minimum absolute atomic E-state index is 0.191. The number of ether oxygens (including phenoxy) is 1. The lowest BCUT2D eigenvalue weighted by atomic mass is 9.80. The van der Waals surface area contributed by atoms with E-state index < -0.39 is 5.54 Å². The molecule has 0 unspecified atom stereocenters. The molecule has 0 fully saturated rings. The Labute approximate surface area is 184 Å². The average Bonchev–Trinajstić information content (AvgIpc) is 3.40. The van der Waals surface area contributed by atoms with Crippen molar-refractivity contribution in [3.63, 3.8) is 0 Å². The Kier molecular flexibility index (Phi) is 5.92. The molecule has 156 valence electrons. The van der Waals surface area contributed by atoms with Gasteiger partial charge in [0.05, 0.1) is 22.1 Å². The Balaban J connectivity index is 1.69. The van der Waals surface area contributed by atoms with Gasteiger partial charge < -0.3 is 10.1 Å². The number of unbranched alkanes of at least 4 members (excludes halogenated alkanes) is 1. The van der Waals surface area contributed by atoms with E-state index in [0.29, 0.717) is 28.8 Å². The Morgan fingerprint density at radius 2 is 2.03 bits per heavy atom. The summed E-state index contributed by atoms with van der Waals surface area (Å²) >= 11 is 7.64. The van der Waals surface area contributed by atoms with Crippen molar-refractivity contribution in [2.45, 2.75) is 38.6 Å². The zero-order valence-corrected chi connectivity index (χ0v) is 18.4. The smallest absolute Gasteiger partial charge is 0.256 e. The van der Waals surface area contributed by atoms with Crippen LogP contribution in [0.3, 0.4) is 0 Å². The molecule has 3 aromatic rings. The summed E-state index contributed by atoms with van der Waals surface area (Å²) in [6.45, 7) is 4.87. The number of thiophene rings is 1. The van der Waals surface area contributed by atoms with E-state index in [4.69, 9.17) is 16.3 Å². The van der Waals surface area contributed by atoms with Crippen molar-refractivity contribution in [3.8, 4) is 5.75 Å². The van der Waals surface area contributed by atoms with Gasteiger partial charge in [-0.25, -0.2) is 4.98 Å². The van der Waals surface area contributed by atoms with Crippen LogP contribution in [0.4, 0.5) is 0 Å². The molecule has 1 amide bonds. The van der Waals surface area contributed by atoms with Crippen LogP contribution in [0.2, 0.25) is 4.34 Å². The molecule has 2 N–H and O–H groups in total. The van der Waals surface area contributed by atoms with Crippen LogP contribution in [0.5, 0.6) is 5.75 Å². The van der Waals surface area contributed by atoms with Gasteiger partial charge in [0.15, 0.2) is 5.82 Å². The molecule has 8 heteroatoms. The second-order valence-electron chi connectivity index (χ2n) is 7.48. The first-order valence-corrected chi connectivity index (χ1v) is 11.1. The number of halogens is 1. The summed E-state index contributed by atoms with van der Waals surface area (Å²) in [4.78, 5) is 18.4. The van der Waals surface area contributed by atoms with E-state index in [2.05, 4.69) is 27.4 Å². The third-order valence-corrected chi connectivity index (χ3v) is 6.52. The first-order valence-electron chi connectivity index (χ1n) is 9.90. The quantitative estimate of drug-likeness (QED) is 0.502. The zero-order chi connectivity index (χ0) is 21.1. The highest BCUT2D eigenvalue weighted by molar-refractivity contribution is 7.17. The summed E-state index contributed by atoms with van der Waals surface area (Å²) in [5.41, 5.74) is 1.84. The number of benzene rings is 1. The van der Waals surface area contributed by atoms with Crippen molar-refractivity contribution in [1.82, 2.24) is 20.5 Å². The Morgan fingerprint density at radius 3 is 2.67 bits per heavy atom. The molecule has 0 saturated carbocycles. The topological polar surface area (TPSA) is 79.9 Å². The molecule has 6 nitrogen and oxygen atoms in total. The van der Waals surface area contributed by atoms with Crippen LogP contribution in [0.1, 0.15) is 49.4 Å². The maximum absolute atomic E-state index is 13.2. The lowest BCUT2D eigenvalue weighted by Crippen LogP contribution is -2.47. The van der Waals surface area contributed by atoms with Crippen LogP contribution in [0.15, 0.2) is 42.7 Å². The molecule has 0 aliphatic carbocycles. The molecule has 3 heterocycles. The maximum Gasteiger partial charge on any atom is 0.256 e. The molecule has 1 aliphatic rings. The van der Waals surface area contributed by atoms with Gasteiger partial charge in [0.1, 0.15) is 12.1 Å². The van der Waals surface area contributed by atoms with E-state index >= 15 is 0 Å². The van der Waals surface area contributed by atoms with Crippen LogP contribution in [-0.4, -0.2) is 27.7 Å². The molecular formula is C22H23ClN4O2S. The van der Waals surface area contributed by atoms with Gasteiger partial charge in [0, 0.05) is 11.3 Å². The van der Waals surface area contributed by atoms with Crippen molar-refractivity contribution in [2.24, 2.45) is 0 Å². The van der Waals surface area contributed by atoms with Gasteiger partial charge in [0.2, 0.25) is 0 Å². The number of carbonyl (C=O) groups is 1. The number of H-pyrrole nitrogens is 1. The van der Waals surface area contributed by atoms with Crippen molar-refractivity contribution in [3.05, 3.63) is 63.3 Å². The second kappa shape index (κ2) is 8.62. The normalized spacial score (nSPS) is 19.1. The molecule has 0 saturated heterocycles. The fourth-order valence-electron chi connectivity index (χ4n) is 3.63. The highest BCUT2D eigenvalue weighted by Crippen LogP contribution is 2.43. The van der Waals surface area contributed by atoms with Gasteiger partial charge >= 0.3 is 0 Å². The Bertz CT molecular complexity index is 1060. The number of aromatic amines is 1. The van der Waals surface area contributed by atoms with Crippen LogP contribution in [0.25, 0.3) is 11.1 Å². The minimum atomic E-state index is -0.575. The number of rotatable bonds is 7. The lowest BCUT2D eigenvalue weighted by Gasteiger charge is -2.37. The molecular weight excluding hydrogens is 420 g/mol. The van der Waals surface area contributed by atoms with E-state index in [9.17, 15) is 4.79 Å². The monoisotopic (exact) mass is 442 g/mol. The summed E-state index contributed by atoms with van der Waals surface area (Å²) in [6.07, 6.45) is 4.12. The highest BCUT2D eigenvalue weighted by atomic mass is 35.5. The minimum Gasteiger partial charge on any atom is -0.494 e. The molecule has 30 heavy (non-hydrogen) atoms. The van der Waals surface area contributed by atoms with Gasteiger partial charge in [-0.05, 0) is 48.7 Å². The molecule has 2 aromatic heterocycles. The summed E-state index contributed by atoms with van der Waals surface area (Å²) in [7, 11) is 0. The highest BCUT2D eigenvalue weighted by Gasteiger charge is 2.39. The van der Waals surface area contributed by atoms with E-state index in [-0.39, 0.29) is 5.91 Å². The second-order valence-corrected chi connectivity index (χ2v) is 9.20. The number of hydrogen-bond donors (Lipinski definition) is 2. The molecule has 0 spiro atoms. The third kappa shape index (κ3) is 4.13. The van der Waals surface area contributed by atoms with Crippen LogP contribution >= 0.6 is 22.9 Å². The molecule has 1 atom stereocenters. The summed E-state index contributed by atoms with van der Waals surface area (Å²) in [5.74, 6) is 1.10. The zero-order valence-electron chi connectivity index (χ0n) is 16.9. The van der Waals surface area contributed by atoms with E-state index in [1.54, 1.807) is 0 Å². The predicted octanol–water partition coefficient (Wildman–Crippen LogP) is 5.04. The van der Waals surface area contributed by atoms with Gasteiger partial charge in [-0.1, -0.05) is 37.1 Å². The van der Waals surface area contributed by atoms with Gasteiger partial charge in [-0.2, -0.15) is 5.10 Å². The lowest BCUT2D eigenvalue weighted by molar-refractivity contribution is -0.117. The largest absolute Gasteiger partial charge is 0.494 e. The number of carbonyl (C=O) groups excluding carboxylic acids is 1. The van der Waals surface area contributed by atoms with Crippen molar-refractivity contribution >= 4 is 40.0 Å². The average molecular weight is 443 g/mol. The number of nitrogens with one attached hydrogen (secondary N) is 2. The summed E-state index contributed by atoms with van der Waals surface area (Å²) in [6, 6.07) is 11.7. The molecule has 1 aliphatic heterocycles. The van der Waals surface area contributed by atoms with E-state index in [0.717, 1.165) is 34.6 Å². The van der Waals surface area contributed by atoms with Crippen molar-refractivity contribution < 1.29 is 9.53 Å². The maximum atomic E-state index is 13.2. The summed E-state index contributed by atoms with van der Waals surface area (Å²) < 4.78 is 6.45. The van der Waals surface area contributed by atoms with Gasteiger partial charge in [0.25, 0.3) is 5.91 Å². The molecule has 1 aromatic carbocycles. The predicted molar refractivity (Wildman–Crippen MR) is 119 cm³/mol. The molecule has 0 radical (unpaired) electrons. The Hall–Kier alpha value is -2.64. The van der Waals surface area contributed by atoms with Crippen molar-refractivity contribution in [1.29, 1.82) is 0 Å². The third-order valence-electron chi connectivity index (χ3n) is 5.23. The van der Waals surface area contributed by atoms with Crippen molar-refractivity contribution in [2.75, 3.05) is 6.61 Å². The first kappa shape index (κ1) is 20.6. The van der Waals surface area contributed by atoms with Gasteiger partial charge in [-0.15, -0.1) is 11.3 Å².